The highest BCUT2D eigenvalue weighted by Gasteiger charge is 2.43. The van der Waals surface area contributed by atoms with Crippen molar-refractivity contribution in [1.29, 1.82) is 0 Å². The minimum absolute atomic E-state index is 0.176. The van der Waals surface area contributed by atoms with Gasteiger partial charge in [-0.05, 0) is 77.1 Å². The van der Waals surface area contributed by atoms with Gasteiger partial charge in [0.2, 0.25) is 0 Å². The SMILES string of the molecule is Cc1cccc(C[C@@H](O)/C=C/[C@H]2[C@H](O)CC3C=C(CCCCCN(C)C)C[C@@H]32)c1. The van der Waals surface area contributed by atoms with E-state index >= 15 is 0 Å². The lowest BCUT2D eigenvalue weighted by Crippen LogP contribution is -2.18. The summed E-state index contributed by atoms with van der Waals surface area (Å²) in [7, 11) is 4.27. The number of aliphatic hydroxyl groups is 2. The molecular formula is C26H39NO2. The van der Waals surface area contributed by atoms with Crippen LogP contribution in [0.5, 0.6) is 0 Å². The number of allylic oxidation sites excluding steroid dienone is 2. The largest absolute Gasteiger partial charge is 0.392 e. The highest BCUT2D eigenvalue weighted by atomic mass is 16.3. The highest BCUT2D eigenvalue weighted by molar-refractivity contribution is 5.24. The Balaban J connectivity index is 1.47. The number of rotatable bonds is 10. The molecule has 160 valence electrons. The molecule has 1 aromatic rings. The van der Waals surface area contributed by atoms with Crippen molar-refractivity contribution in [3.63, 3.8) is 0 Å². The zero-order valence-electron chi connectivity index (χ0n) is 18.4. The van der Waals surface area contributed by atoms with Gasteiger partial charge >= 0.3 is 0 Å². The number of hydrogen-bond donors (Lipinski definition) is 2. The van der Waals surface area contributed by atoms with Crippen LogP contribution in [0.15, 0.2) is 48.1 Å². The van der Waals surface area contributed by atoms with E-state index in [0.717, 1.165) is 18.4 Å². The second kappa shape index (κ2) is 10.6. The first kappa shape index (κ1) is 22.3. The summed E-state index contributed by atoms with van der Waals surface area (Å²) in [5.41, 5.74) is 3.97. The van der Waals surface area contributed by atoms with E-state index in [1.807, 2.05) is 12.1 Å². The van der Waals surface area contributed by atoms with Crippen molar-refractivity contribution in [2.45, 2.75) is 64.1 Å². The van der Waals surface area contributed by atoms with Gasteiger partial charge in [0, 0.05) is 12.3 Å². The van der Waals surface area contributed by atoms with Crippen LogP contribution >= 0.6 is 0 Å². The van der Waals surface area contributed by atoms with Crippen molar-refractivity contribution >= 4 is 0 Å². The summed E-state index contributed by atoms with van der Waals surface area (Å²) in [6.45, 7) is 3.25. The second-order valence-electron chi connectivity index (χ2n) is 9.50. The topological polar surface area (TPSA) is 43.7 Å². The molecule has 0 amide bonds. The summed E-state index contributed by atoms with van der Waals surface area (Å²) in [5.74, 6) is 1.21. The lowest BCUT2D eigenvalue weighted by atomic mass is 9.88. The Kier molecular flexibility index (Phi) is 8.11. The molecule has 1 saturated carbocycles. The van der Waals surface area contributed by atoms with Crippen molar-refractivity contribution in [3.05, 3.63) is 59.2 Å². The van der Waals surface area contributed by atoms with Crippen LogP contribution in [0.25, 0.3) is 0 Å². The molecule has 1 aromatic carbocycles. The molecule has 3 nitrogen and oxygen atoms in total. The first-order valence-electron chi connectivity index (χ1n) is 11.4. The van der Waals surface area contributed by atoms with Crippen LogP contribution in [-0.4, -0.2) is 48.0 Å². The standard InChI is InChI=1S/C26H39NO2/c1-19-8-7-10-20(14-19)16-23(28)11-12-24-25-17-21(15-22(25)18-26(24)29)9-5-4-6-13-27(2)3/h7-8,10-12,14-15,22-26,28-29H,4-6,9,13,16-18H2,1-3H3/b12-11+/t22?,23-,24+,25-,26+/m0/s1. The van der Waals surface area contributed by atoms with Gasteiger partial charge in [0.05, 0.1) is 12.2 Å². The number of hydrogen-bond acceptors (Lipinski definition) is 3. The summed E-state index contributed by atoms with van der Waals surface area (Å²) in [5, 5.41) is 21.0. The fraction of sp³-hybridized carbons (Fsp3) is 0.615. The van der Waals surface area contributed by atoms with Gasteiger partial charge in [0.15, 0.2) is 0 Å². The van der Waals surface area contributed by atoms with Gasteiger partial charge < -0.3 is 15.1 Å². The summed E-state index contributed by atoms with van der Waals surface area (Å²) in [6, 6.07) is 8.31. The molecule has 29 heavy (non-hydrogen) atoms. The predicted molar refractivity (Wildman–Crippen MR) is 121 cm³/mol. The molecule has 3 rings (SSSR count). The molecule has 0 aromatic heterocycles. The van der Waals surface area contributed by atoms with E-state index in [2.05, 4.69) is 56.3 Å². The van der Waals surface area contributed by atoms with Crippen molar-refractivity contribution < 1.29 is 10.2 Å². The summed E-state index contributed by atoms with van der Waals surface area (Å²) in [4.78, 5) is 2.25. The fourth-order valence-corrected chi connectivity index (χ4v) is 5.15. The van der Waals surface area contributed by atoms with Crippen LogP contribution < -0.4 is 0 Å². The second-order valence-corrected chi connectivity index (χ2v) is 9.50. The molecule has 2 aliphatic carbocycles. The van der Waals surface area contributed by atoms with Gasteiger partial charge in [0.25, 0.3) is 0 Å². The van der Waals surface area contributed by atoms with E-state index in [1.54, 1.807) is 5.57 Å². The van der Waals surface area contributed by atoms with Gasteiger partial charge in [-0.25, -0.2) is 0 Å². The molecular weight excluding hydrogens is 358 g/mol. The molecule has 5 atom stereocenters. The maximum Gasteiger partial charge on any atom is 0.0761 e. The molecule has 2 N–H and O–H groups in total. The van der Waals surface area contributed by atoms with E-state index in [1.165, 1.54) is 37.8 Å². The Hall–Kier alpha value is -1.42. The minimum Gasteiger partial charge on any atom is -0.392 e. The monoisotopic (exact) mass is 397 g/mol. The quantitative estimate of drug-likeness (QED) is 0.451. The third kappa shape index (κ3) is 6.53. The van der Waals surface area contributed by atoms with E-state index in [9.17, 15) is 10.2 Å². The molecule has 0 bridgehead atoms. The predicted octanol–water partition coefficient (Wildman–Crippen LogP) is 4.52. The van der Waals surface area contributed by atoms with Crippen LogP contribution in [0.3, 0.4) is 0 Å². The molecule has 1 fully saturated rings. The maximum absolute atomic E-state index is 10.6. The smallest absolute Gasteiger partial charge is 0.0761 e. The van der Waals surface area contributed by atoms with Gasteiger partial charge in [0.1, 0.15) is 0 Å². The molecule has 0 saturated heterocycles. The average molecular weight is 398 g/mol. The number of nitrogens with zero attached hydrogens (tertiary/aromatic N) is 1. The number of aliphatic hydroxyl groups excluding tert-OH is 2. The Labute approximate surface area is 177 Å². The summed E-state index contributed by atoms with van der Waals surface area (Å²) < 4.78 is 0. The zero-order chi connectivity index (χ0) is 20.8. The summed E-state index contributed by atoms with van der Waals surface area (Å²) in [6.07, 6.45) is 13.4. The van der Waals surface area contributed by atoms with Crippen LogP contribution in [0.1, 0.15) is 49.7 Å². The first-order valence-corrected chi connectivity index (χ1v) is 11.4. The third-order valence-electron chi connectivity index (χ3n) is 6.64. The number of unbranched alkanes of at least 4 members (excludes halogenated alkanes) is 2. The zero-order valence-corrected chi connectivity index (χ0v) is 18.4. The van der Waals surface area contributed by atoms with Gasteiger partial charge in [-0.2, -0.15) is 0 Å². The highest BCUT2D eigenvalue weighted by Crippen LogP contribution is 2.48. The Bertz CT molecular complexity index is 708. The van der Waals surface area contributed by atoms with E-state index in [0.29, 0.717) is 18.3 Å². The normalized spacial score (nSPS) is 27.6. The molecule has 0 aliphatic heterocycles. The lowest BCUT2D eigenvalue weighted by molar-refractivity contribution is 0.140. The summed E-state index contributed by atoms with van der Waals surface area (Å²) >= 11 is 0. The fourth-order valence-electron chi connectivity index (χ4n) is 5.15. The van der Waals surface area contributed by atoms with Crippen LogP contribution in [0, 0.1) is 24.7 Å². The van der Waals surface area contributed by atoms with Gasteiger partial charge in [-0.15, -0.1) is 0 Å². The van der Waals surface area contributed by atoms with Crippen molar-refractivity contribution in [3.8, 4) is 0 Å². The van der Waals surface area contributed by atoms with E-state index < -0.39 is 6.10 Å². The Morgan fingerprint density at radius 3 is 2.79 bits per heavy atom. The van der Waals surface area contributed by atoms with Crippen molar-refractivity contribution in [2.24, 2.45) is 17.8 Å². The molecule has 0 radical (unpaired) electrons. The Morgan fingerprint density at radius 1 is 1.21 bits per heavy atom. The van der Waals surface area contributed by atoms with E-state index in [4.69, 9.17) is 0 Å². The van der Waals surface area contributed by atoms with Gasteiger partial charge in [-0.1, -0.05) is 60.1 Å². The average Bonchev–Trinajstić information content (AvgIpc) is 3.16. The number of aryl methyl sites for hydroxylation is 1. The minimum atomic E-state index is -0.492. The van der Waals surface area contributed by atoms with Crippen LogP contribution in [0.2, 0.25) is 0 Å². The Morgan fingerprint density at radius 2 is 2.03 bits per heavy atom. The van der Waals surface area contributed by atoms with E-state index in [-0.39, 0.29) is 12.0 Å². The lowest BCUT2D eigenvalue weighted by Gasteiger charge is -2.19. The molecule has 1 unspecified atom stereocenters. The molecule has 0 spiro atoms. The maximum atomic E-state index is 10.6. The van der Waals surface area contributed by atoms with Gasteiger partial charge in [-0.3, -0.25) is 0 Å². The number of benzene rings is 1. The molecule has 3 heteroatoms. The first-order chi connectivity index (χ1) is 13.9. The van der Waals surface area contributed by atoms with Crippen LogP contribution in [0.4, 0.5) is 0 Å². The van der Waals surface area contributed by atoms with Crippen molar-refractivity contribution in [2.75, 3.05) is 20.6 Å². The van der Waals surface area contributed by atoms with Crippen molar-refractivity contribution in [1.82, 2.24) is 4.90 Å². The van der Waals surface area contributed by atoms with Crippen LogP contribution in [-0.2, 0) is 6.42 Å². The third-order valence-corrected chi connectivity index (χ3v) is 6.64. The number of fused-ring (bicyclic) bond motifs is 1. The molecule has 2 aliphatic rings. The molecule has 0 heterocycles.